The molecule has 272 valence electrons. The molecule has 0 aliphatic heterocycles. The summed E-state index contributed by atoms with van der Waals surface area (Å²) >= 11 is 2.87. The number of unbranched alkanes of at least 4 members (excludes halogenated alkanes) is 18. The molecular formula is C36H68O8S2. The Morgan fingerprint density at radius 3 is 1.00 bits per heavy atom. The molecule has 0 aromatic carbocycles. The van der Waals surface area contributed by atoms with Crippen molar-refractivity contribution in [1.82, 2.24) is 0 Å². The lowest BCUT2D eigenvalue weighted by Crippen LogP contribution is -2.34. The maximum absolute atomic E-state index is 12.4. The van der Waals surface area contributed by atoms with Gasteiger partial charge in [-0.05, 0) is 12.8 Å². The average Bonchev–Trinajstić information content (AvgIpc) is 3.00. The van der Waals surface area contributed by atoms with Gasteiger partial charge in [0.1, 0.15) is 0 Å². The van der Waals surface area contributed by atoms with Crippen molar-refractivity contribution >= 4 is 47.4 Å². The number of carbonyl (C=O) groups is 4. The quantitative estimate of drug-likeness (QED) is 0.0480. The molecule has 4 N–H and O–H groups in total. The number of thioether (sulfide) groups is 2. The van der Waals surface area contributed by atoms with Crippen molar-refractivity contribution in [2.75, 3.05) is 23.0 Å². The third kappa shape index (κ3) is 33.9. The first-order valence-electron chi connectivity index (χ1n) is 18.2. The predicted octanol–water partition coefficient (Wildman–Crippen LogP) is 10.6. The predicted molar refractivity (Wildman–Crippen MR) is 194 cm³/mol. The third-order valence-electron chi connectivity index (χ3n) is 8.23. The summed E-state index contributed by atoms with van der Waals surface area (Å²) in [6.07, 6.45) is 26.8. The van der Waals surface area contributed by atoms with Crippen LogP contribution in [0, 0.1) is 5.41 Å². The number of rotatable bonds is 34. The third-order valence-corrected chi connectivity index (χ3v) is 10.5. The molecule has 0 saturated heterocycles. The molecule has 0 rings (SSSR count). The Labute approximate surface area is 289 Å². The largest absolute Gasteiger partial charge is 0.481 e. The topological polar surface area (TPSA) is 149 Å². The van der Waals surface area contributed by atoms with Gasteiger partial charge in [0, 0.05) is 23.0 Å². The highest BCUT2D eigenvalue weighted by Crippen LogP contribution is 2.36. The minimum absolute atomic E-state index is 0.101. The smallest absolute Gasteiger partial charge is 0.310 e. The average molecular weight is 693 g/mol. The number of aliphatic carboxylic acids is 4. The van der Waals surface area contributed by atoms with Crippen LogP contribution in [-0.4, -0.2) is 67.3 Å². The van der Waals surface area contributed by atoms with Crippen molar-refractivity contribution in [3.8, 4) is 0 Å². The van der Waals surface area contributed by atoms with Gasteiger partial charge in [-0.15, -0.1) is 0 Å². The van der Waals surface area contributed by atoms with E-state index in [1.807, 2.05) is 0 Å². The highest BCUT2D eigenvalue weighted by atomic mass is 32.2. The van der Waals surface area contributed by atoms with Crippen molar-refractivity contribution in [1.29, 1.82) is 0 Å². The fourth-order valence-electron chi connectivity index (χ4n) is 5.29. The van der Waals surface area contributed by atoms with E-state index < -0.39 is 29.3 Å². The van der Waals surface area contributed by atoms with Crippen LogP contribution in [0.25, 0.3) is 0 Å². The monoisotopic (exact) mass is 692 g/mol. The van der Waals surface area contributed by atoms with Crippen LogP contribution in [0.15, 0.2) is 0 Å². The first-order chi connectivity index (χ1) is 22.1. The number of carboxylic acids is 4. The van der Waals surface area contributed by atoms with E-state index in [4.69, 9.17) is 15.3 Å². The zero-order chi connectivity index (χ0) is 34.7. The molecular weight excluding hydrogens is 625 g/mol. The molecule has 0 fully saturated rings. The van der Waals surface area contributed by atoms with E-state index in [9.17, 15) is 24.3 Å². The van der Waals surface area contributed by atoms with E-state index in [1.54, 1.807) is 0 Å². The second-order valence-corrected chi connectivity index (χ2v) is 14.9. The summed E-state index contributed by atoms with van der Waals surface area (Å²) in [6.45, 7) is 4.50. The highest BCUT2D eigenvalue weighted by molar-refractivity contribution is 7.99. The van der Waals surface area contributed by atoms with Gasteiger partial charge in [0.2, 0.25) is 0 Å². The number of carboxylic acid groups (broad SMARTS) is 4. The maximum Gasteiger partial charge on any atom is 0.310 e. The van der Waals surface area contributed by atoms with Gasteiger partial charge >= 0.3 is 23.9 Å². The summed E-state index contributed by atoms with van der Waals surface area (Å²) in [5, 5.41) is 35.5. The Balaban J connectivity index is 0. The Bertz CT molecular complexity index is 708. The zero-order valence-electron chi connectivity index (χ0n) is 29.2. The van der Waals surface area contributed by atoms with Crippen molar-refractivity contribution in [3.05, 3.63) is 0 Å². The fraction of sp³-hybridized carbons (Fsp3) is 0.889. The SMILES string of the molecule is CCCCCCCCCCCCC(CCCCCCCCCCCC)(CSCCC(=O)O)C(=O)O.O=C(O)CCSCCC(=O)O. The second kappa shape index (κ2) is 34.9. The molecule has 0 bridgehead atoms. The summed E-state index contributed by atoms with van der Waals surface area (Å²) < 4.78 is 0. The fourth-order valence-corrected chi connectivity index (χ4v) is 7.40. The van der Waals surface area contributed by atoms with Crippen LogP contribution >= 0.6 is 23.5 Å². The maximum atomic E-state index is 12.4. The molecule has 0 radical (unpaired) electrons. The van der Waals surface area contributed by atoms with Crippen LogP contribution in [0.5, 0.6) is 0 Å². The van der Waals surface area contributed by atoms with Crippen LogP contribution in [0.1, 0.15) is 174 Å². The molecule has 0 aliphatic carbocycles. The molecule has 0 spiro atoms. The van der Waals surface area contributed by atoms with Crippen LogP contribution in [0.3, 0.4) is 0 Å². The minimum Gasteiger partial charge on any atom is -0.481 e. The molecule has 46 heavy (non-hydrogen) atoms. The number of hydrogen-bond acceptors (Lipinski definition) is 6. The molecule has 0 amide bonds. The van der Waals surface area contributed by atoms with E-state index in [0.29, 0.717) is 23.0 Å². The summed E-state index contributed by atoms with van der Waals surface area (Å²) in [6, 6.07) is 0. The van der Waals surface area contributed by atoms with Gasteiger partial charge in [0.05, 0.1) is 24.7 Å². The Hall–Kier alpha value is -1.42. The van der Waals surface area contributed by atoms with Crippen molar-refractivity contribution in [3.63, 3.8) is 0 Å². The molecule has 0 aliphatic rings. The van der Waals surface area contributed by atoms with Crippen molar-refractivity contribution in [2.24, 2.45) is 5.41 Å². The van der Waals surface area contributed by atoms with Crippen molar-refractivity contribution in [2.45, 2.75) is 174 Å². The van der Waals surface area contributed by atoms with Crippen molar-refractivity contribution < 1.29 is 39.6 Å². The van der Waals surface area contributed by atoms with E-state index in [1.165, 1.54) is 126 Å². The Morgan fingerprint density at radius 2 is 0.717 bits per heavy atom. The van der Waals surface area contributed by atoms with Crippen LogP contribution in [-0.2, 0) is 19.2 Å². The molecule has 0 saturated carbocycles. The molecule has 0 atom stereocenters. The lowest BCUT2D eigenvalue weighted by Gasteiger charge is -2.29. The zero-order valence-corrected chi connectivity index (χ0v) is 30.9. The van der Waals surface area contributed by atoms with Gasteiger partial charge < -0.3 is 20.4 Å². The lowest BCUT2D eigenvalue weighted by molar-refractivity contribution is -0.148. The Kier molecular flexibility index (Phi) is 35.4. The van der Waals surface area contributed by atoms with Gasteiger partial charge in [0.15, 0.2) is 0 Å². The van der Waals surface area contributed by atoms with Crippen LogP contribution < -0.4 is 0 Å². The van der Waals surface area contributed by atoms with E-state index in [0.717, 1.165) is 38.5 Å². The van der Waals surface area contributed by atoms with Gasteiger partial charge in [-0.25, -0.2) is 0 Å². The summed E-state index contributed by atoms with van der Waals surface area (Å²) in [4.78, 5) is 43.2. The second-order valence-electron chi connectivity index (χ2n) is 12.5. The number of hydrogen-bond donors (Lipinski definition) is 4. The first-order valence-corrected chi connectivity index (χ1v) is 20.5. The van der Waals surface area contributed by atoms with Gasteiger partial charge in [-0.1, -0.05) is 142 Å². The first kappa shape index (κ1) is 46.7. The molecule has 0 aromatic heterocycles. The van der Waals surface area contributed by atoms with E-state index in [2.05, 4.69) is 13.8 Å². The summed E-state index contributed by atoms with van der Waals surface area (Å²) in [7, 11) is 0. The lowest BCUT2D eigenvalue weighted by atomic mass is 9.79. The molecule has 0 aromatic rings. The molecule has 0 heterocycles. The molecule has 0 unspecified atom stereocenters. The molecule has 10 heteroatoms. The standard InChI is InChI=1S/C30H58O4S.C6H10O4S/c1-3-5-7-9-11-13-15-17-19-21-24-30(29(33)34,27-35-26-23-28(31)32)25-22-20-18-16-14-12-10-8-6-4-2;7-5(8)1-3-11-4-2-6(9)10/h3-27H2,1-2H3,(H,31,32)(H,33,34);1-4H2,(H,7,8)(H,9,10). The normalized spacial score (nSPS) is 11.2. The van der Waals surface area contributed by atoms with E-state index in [-0.39, 0.29) is 19.3 Å². The van der Waals surface area contributed by atoms with Gasteiger partial charge in [0.25, 0.3) is 0 Å². The van der Waals surface area contributed by atoms with Gasteiger partial charge in [-0.2, -0.15) is 23.5 Å². The van der Waals surface area contributed by atoms with Crippen LogP contribution in [0.4, 0.5) is 0 Å². The van der Waals surface area contributed by atoms with E-state index >= 15 is 0 Å². The van der Waals surface area contributed by atoms with Crippen LogP contribution in [0.2, 0.25) is 0 Å². The summed E-state index contributed by atoms with van der Waals surface area (Å²) in [5.41, 5.74) is -0.691. The summed E-state index contributed by atoms with van der Waals surface area (Å²) in [5.74, 6) is -1.13. The minimum atomic E-state index is -0.840. The van der Waals surface area contributed by atoms with Gasteiger partial charge in [-0.3, -0.25) is 19.2 Å². The highest BCUT2D eigenvalue weighted by Gasteiger charge is 2.37. The molecule has 8 nitrogen and oxygen atoms in total. The Morgan fingerprint density at radius 1 is 0.435 bits per heavy atom.